The van der Waals surface area contributed by atoms with Crippen LogP contribution in [0.15, 0.2) is 30.3 Å². The number of carbonyl (C=O) groups excluding carboxylic acids is 2. The normalized spacial score (nSPS) is 20.9. The molecule has 0 fully saturated rings. The number of nitrogens with two attached hydrogens (primary N) is 1. The zero-order chi connectivity index (χ0) is 21.5. The number of hydrogen-bond acceptors (Lipinski definition) is 5. The Morgan fingerprint density at radius 2 is 2.06 bits per heavy atom. The van der Waals surface area contributed by atoms with E-state index in [4.69, 9.17) is 19.9 Å². The van der Waals surface area contributed by atoms with Crippen LogP contribution in [-0.2, 0) is 16.0 Å². The van der Waals surface area contributed by atoms with Gasteiger partial charge in [0.1, 0.15) is 0 Å². The number of hydrogen-bond donors (Lipinski definition) is 2. The van der Waals surface area contributed by atoms with Crippen LogP contribution in [0.4, 0.5) is 5.69 Å². The van der Waals surface area contributed by atoms with Crippen molar-refractivity contribution < 1.29 is 52.3 Å². The second-order valence-electron chi connectivity index (χ2n) is 8.06. The Morgan fingerprint density at radius 1 is 1.29 bits per heavy atom. The van der Waals surface area contributed by atoms with E-state index in [9.17, 15) is 9.59 Å². The molecular formula is C22H26IN3O5. The summed E-state index contributed by atoms with van der Waals surface area (Å²) in [5, 5.41) is 3.01. The van der Waals surface area contributed by atoms with Gasteiger partial charge in [0, 0.05) is 12.1 Å². The van der Waals surface area contributed by atoms with Crippen LogP contribution < -0.4 is 49.2 Å². The first-order valence-corrected chi connectivity index (χ1v) is 9.82. The molecule has 2 atom stereocenters. The predicted molar refractivity (Wildman–Crippen MR) is 110 cm³/mol. The lowest BCUT2D eigenvalue weighted by atomic mass is 9.88. The zero-order valence-corrected chi connectivity index (χ0v) is 19.9. The number of rotatable bonds is 5. The first kappa shape index (κ1) is 23.1. The van der Waals surface area contributed by atoms with Gasteiger partial charge in [-0.1, -0.05) is 12.1 Å². The number of likely N-dealkylation sites (N-methyl/N-ethyl adjacent to an activating group) is 1. The number of ether oxygens (including phenoxy) is 3. The molecule has 166 valence electrons. The quantitative estimate of drug-likeness (QED) is 0.372. The Morgan fingerprint density at radius 3 is 2.74 bits per heavy atom. The van der Waals surface area contributed by atoms with Crippen LogP contribution in [0.2, 0.25) is 0 Å². The zero-order valence-electron chi connectivity index (χ0n) is 17.7. The van der Waals surface area contributed by atoms with Gasteiger partial charge in [0.05, 0.1) is 26.3 Å². The lowest BCUT2D eigenvalue weighted by Gasteiger charge is -2.44. The number of primary amides is 1. The highest BCUT2D eigenvalue weighted by Gasteiger charge is 2.48. The number of carbonyl (C=O) groups is 2. The molecule has 31 heavy (non-hydrogen) atoms. The van der Waals surface area contributed by atoms with Crippen molar-refractivity contribution in [2.24, 2.45) is 5.73 Å². The minimum Gasteiger partial charge on any atom is -1.00 e. The van der Waals surface area contributed by atoms with E-state index >= 15 is 0 Å². The Balaban J connectivity index is 0.00000272. The van der Waals surface area contributed by atoms with Crippen molar-refractivity contribution >= 4 is 17.5 Å². The molecule has 9 heteroatoms. The molecule has 3 N–H and O–H groups in total. The molecule has 2 aliphatic rings. The number of benzene rings is 2. The van der Waals surface area contributed by atoms with Crippen LogP contribution in [0.5, 0.6) is 17.2 Å². The molecule has 0 saturated carbocycles. The minimum absolute atomic E-state index is 0. The third-order valence-corrected chi connectivity index (χ3v) is 5.79. The largest absolute Gasteiger partial charge is 1.00 e. The van der Waals surface area contributed by atoms with E-state index in [-0.39, 0.29) is 47.7 Å². The summed E-state index contributed by atoms with van der Waals surface area (Å²) in [5.74, 6) is 0.862. The summed E-state index contributed by atoms with van der Waals surface area (Å²) in [6.07, 6.45) is 0.653. The maximum atomic E-state index is 13.6. The highest BCUT2D eigenvalue weighted by molar-refractivity contribution is 5.96. The molecule has 2 aromatic rings. The molecule has 0 bridgehead atoms. The van der Waals surface area contributed by atoms with Gasteiger partial charge in [-0.25, -0.2) is 0 Å². The van der Waals surface area contributed by atoms with Crippen molar-refractivity contribution in [3.05, 3.63) is 47.0 Å². The van der Waals surface area contributed by atoms with Crippen molar-refractivity contribution in [2.75, 3.05) is 39.4 Å². The standard InChI is InChI=1S/C22H25N3O5.HI/c1-13-5-4-6-15(9-13)24-22(27)19-18-14(7-8-25(19,2)11-17(23)26)10-16-20(21(18)28-3)30-12-29-16;/h4-6,9-10,19H,7-8,11-12H2,1-3H3,(H2-,23,24,26,27);1H. The average Bonchev–Trinajstić information content (AvgIpc) is 3.13. The third kappa shape index (κ3) is 4.29. The van der Waals surface area contributed by atoms with Gasteiger partial charge in [-0.3, -0.25) is 9.59 Å². The van der Waals surface area contributed by atoms with E-state index in [1.807, 2.05) is 44.3 Å². The van der Waals surface area contributed by atoms with Crippen molar-refractivity contribution in [3.8, 4) is 17.2 Å². The predicted octanol–water partition coefficient (Wildman–Crippen LogP) is -1.10. The molecule has 0 saturated heterocycles. The van der Waals surface area contributed by atoms with Crippen LogP contribution in [0.25, 0.3) is 0 Å². The fourth-order valence-corrected chi connectivity index (χ4v) is 4.48. The molecule has 2 heterocycles. The summed E-state index contributed by atoms with van der Waals surface area (Å²) < 4.78 is 17.0. The van der Waals surface area contributed by atoms with Crippen molar-refractivity contribution in [3.63, 3.8) is 0 Å². The molecule has 2 aromatic carbocycles. The lowest BCUT2D eigenvalue weighted by molar-refractivity contribution is -0.924. The molecule has 0 aliphatic carbocycles. The summed E-state index contributed by atoms with van der Waals surface area (Å²) in [5.41, 5.74) is 8.94. The second kappa shape index (κ2) is 8.91. The lowest BCUT2D eigenvalue weighted by Crippen LogP contribution is -3.00. The molecule has 2 amide bonds. The molecular weight excluding hydrogens is 513 g/mol. The van der Waals surface area contributed by atoms with Gasteiger partial charge in [-0.05, 0) is 36.2 Å². The van der Waals surface area contributed by atoms with Gasteiger partial charge in [0.2, 0.25) is 12.5 Å². The van der Waals surface area contributed by atoms with Crippen LogP contribution in [0, 0.1) is 6.92 Å². The van der Waals surface area contributed by atoms with Gasteiger partial charge in [-0.15, -0.1) is 0 Å². The van der Waals surface area contributed by atoms with E-state index in [2.05, 4.69) is 5.32 Å². The Kier molecular flexibility index (Phi) is 6.65. The number of amides is 2. The molecule has 2 aliphatic heterocycles. The molecule has 0 radical (unpaired) electrons. The smallest absolute Gasteiger partial charge is 0.287 e. The third-order valence-electron chi connectivity index (χ3n) is 5.79. The number of aryl methyl sites for hydroxylation is 1. The van der Waals surface area contributed by atoms with Gasteiger partial charge in [0.25, 0.3) is 11.8 Å². The first-order valence-electron chi connectivity index (χ1n) is 9.82. The summed E-state index contributed by atoms with van der Waals surface area (Å²) in [6, 6.07) is 8.78. The Hall–Kier alpha value is -2.53. The molecule has 2 unspecified atom stereocenters. The topological polar surface area (TPSA) is 99.9 Å². The van der Waals surface area contributed by atoms with Crippen LogP contribution in [0.1, 0.15) is 22.7 Å². The van der Waals surface area contributed by atoms with E-state index in [0.29, 0.717) is 41.5 Å². The number of nitrogens with one attached hydrogen (secondary N) is 1. The van der Waals surface area contributed by atoms with Crippen LogP contribution >= 0.6 is 0 Å². The fourth-order valence-electron chi connectivity index (χ4n) is 4.48. The Labute approximate surface area is 198 Å². The monoisotopic (exact) mass is 539 g/mol. The second-order valence-corrected chi connectivity index (χ2v) is 8.06. The van der Waals surface area contributed by atoms with Gasteiger partial charge < -0.3 is 53.7 Å². The minimum atomic E-state index is -0.703. The van der Waals surface area contributed by atoms with Gasteiger partial charge in [-0.2, -0.15) is 0 Å². The van der Waals surface area contributed by atoms with E-state index in [1.54, 1.807) is 7.11 Å². The van der Waals surface area contributed by atoms with Crippen LogP contribution in [-0.4, -0.2) is 50.3 Å². The number of nitrogens with zero attached hydrogens (tertiary/aromatic N) is 1. The van der Waals surface area contributed by atoms with Crippen molar-refractivity contribution in [2.45, 2.75) is 19.4 Å². The highest BCUT2D eigenvalue weighted by atomic mass is 127. The number of fused-ring (bicyclic) bond motifs is 2. The van der Waals surface area contributed by atoms with E-state index in [1.165, 1.54) is 0 Å². The molecule has 0 aromatic heterocycles. The summed E-state index contributed by atoms with van der Waals surface area (Å²) in [7, 11) is 3.42. The van der Waals surface area contributed by atoms with Gasteiger partial charge in [0.15, 0.2) is 24.1 Å². The summed E-state index contributed by atoms with van der Waals surface area (Å²) >= 11 is 0. The first-order chi connectivity index (χ1) is 14.3. The van der Waals surface area contributed by atoms with Gasteiger partial charge >= 0.3 is 0 Å². The molecule has 4 rings (SSSR count). The van der Waals surface area contributed by atoms with Crippen molar-refractivity contribution in [1.29, 1.82) is 0 Å². The summed E-state index contributed by atoms with van der Waals surface area (Å²) in [6.45, 7) is 2.66. The molecule has 0 spiro atoms. The van der Waals surface area contributed by atoms with Crippen molar-refractivity contribution in [1.82, 2.24) is 0 Å². The highest BCUT2D eigenvalue weighted by Crippen LogP contribution is 2.51. The number of halogens is 1. The average molecular weight is 539 g/mol. The number of anilines is 1. The van der Waals surface area contributed by atoms with Crippen LogP contribution in [0.3, 0.4) is 0 Å². The van der Waals surface area contributed by atoms with E-state index < -0.39 is 11.9 Å². The number of quaternary nitrogens is 1. The Bertz CT molecular complexity index is 1030. The molecule has 8 nitrogen and oxygen atoms in total. The van der Waals surface area contributed by atoms with E-state index in [0.717, 1.165) is 11.1 Å². The number of methoxy groups -OCH3 is 1. The maximum absolute atomic E-state index is 13.6. The SMILES string of the molecule is COc1c2c(cc3c1C(C(=O)Nc1cccc(C)c1)[N+](C)(CC(N)=O)CC3)OCO2.[I-]. The maximum Gasteiger partial charge on any atom is 0.287 e. The summed E-state index contributed by atoms with van der Waals surface area (Å²) in [4.78, 5) is 25.5. The fraction of sp³-hybridized carbons (Fsp3) is 0.364.